The van der Waals surface area contributed by atoms with Gasteiger partial charge in [-0.25, -0.2) is 0 Å². The molecule has 0 fully saturated rings. The molecule has 1 amide bonds. The largest absolute Gasteiger partial charge is 0.497 e. The molecule has 1 unspecified atom stereocenters. The van der Waals surface area contributed by atoms with Gasteiger partial charge in [0, 0.05) is 23.3 Å². The van der Waals surface area contributed by atoms with E-state index in [0.717, 1.165) is 11.1 Å². The lowest BCUT2D eigenvalue weighted by molar-refractivity contribution is -0.147. The summed E-state index contributed by atoms with van der Waals surface area (Å²) in [6.45, 7) is -0.226. The summed E-state index contributed by atoms with van der Waals surface area (Å²) in [5.74, 6) is -0.00769. The molecule has 8 heteroatoms. The third-order valence-electron chi connectivity index (χ3n) is 5.62. The molecule has 3 aromatic carbocycles. The number of benzene rings is 3. The Morgan fingerprint density at radius 1 is 1.06 bits per heavy atom. The summed E-state index contributed by atoms with van der Waals surface area (Å²) in [5, 5.41) is 0.515. The highest BCUT2D eigenvalue weighted by molar-refractivity contribution is 6.32. The van der Waals surface area contributed by atoms with Crippen LogP contribution in [0.5, 0.6) is 5.75 Å². The van der Waals surface area contributed by atoms with Crippen molar-refractivity contribution < 1.29 is 23.8 Å². The summed E-state index contributed by atoms with van der Waals surface area (Å²) in [6, 6.07) is 22.0. The lowest BCUT2D eigenvalue weighted by Crippen LogP contribution is -2.46. The Labute approximate surface area is 208 Å². The molecule has 0 saturated heterocycles. The summed E-state index contributed by atoms with van der Waals surface area (Å²) in [4.78, 5) is 31.7. The van der Waals surface area contributed by atoms with Gasteiger partial charge in [0.15, 0.2) is 6.23 Å². The van der Waals surface area contributed by atoms with Gasteiger partial charge in [0.25, 0.3) is 5.91 Å². The molecule has 1 heterocycles. The lowest BCUT2D eigenvalue weighted by atomic mass is 10.00. The van der Waals surface area contributed by atoms with Crippen LogP contribution in [-0.4, -0.2) is 51.2 Å². The summed E-state index contributed by atoms with van der Waals surface area (Å²) >= 11 is 6.31. The van der Waals surface area contributed by atoms with Gasteiger partial charge in [0.05, 0.1) is 24.9 Å². The first-order valence-electron chi connectivity index (χ1n) is 11.0. The molecule has 180 valence electrons. The number of anilines is 1. The zero-order valence-electron chi connectivity index (χ0n) is 19.4. The van der Waals surface area contributed by atoms with Gasteiger partial charge in [0.1, 0.15) is 18.9 Å². The van der Waals surface area contributed by atoms with E-state index in [1.165, 1.54) is 12.0 Å². The number of amides is 1. The SMILES string of the molecule is COc1ccc(CC(=O)OCC(OC)N2C(=O)CN=C(c3ccccc3)c3cc(Cl)ccc32)cc1. The van der Waals surface area contributed by atoms with E-state index in [1.807, 2.05) is 30.3 Å². The second kappa shape index (κ2) is 11.2. The average Bonchev–Trinajstić information content (AvgIpc) is 3.01. The Morgan fingerprint density at radius 2 is 1.80 bits per heavy atom. The van der Waals surface area contributed by atoms with Crippen molar-refractivity contribution in [1.29, 1.82) is 0 Å². The quantitative estimate of drug-likeness (QED) is 0.438. The van der Waals surface area contributed by atoms with Crippen molar-refractivity contribution in [3.05, 3.63) is 94.5 Å². The number of carbonyl (C=O) groups is 2. The number of methoxy groups -OCH3 is 2. The number of nitrogens with zero attached hydrogens (tertiary/aromatic N) is 2. The fourth-order valence-electron chi connectivity index (χ4n) is 3.88. The highest BCUT2D eigenvalue weighted by Crippen LogP contribution is 2.31. The zero-order chi connectivity index (χ0) is 24.8. The molecule has 7 nitrogen and oxygen atoms in total. The number of ether oxygens (including phenoxy) is 3. The van der Waals surface area contributed by atoms with Crippen molar-refractivity contribution in [2.24, 2.45) is 4.99 Å². The van der Waals surface area contributed by atoms with Crippen LogP contribution in [-0.2, 0) is 25.5 Å². The molecule has 0 spiro atoms. The maximum Gasteiger partial charge on any atom is 0.310 e. The minimum Gasteiger partial charge on any atom is -0.497 e. The number of hydrogen-bond acceptors (Lipinski definition) is 6. The molecule has 4 rings (SSSR count). The van der Waals surface area contributed by atoms with Crippen LogP contribution in [0.25, 0.3) is 0 Å². The van der Waals surface area contributed by atoms with Crippen LogP contribution >= 0.6 is 11.6 Å². The van der Waals surface area contributed by atoms with Gasteiger partial charge in [-0.15, -0.1) is 0 Å². The first-order chi connectivity index (χ1) is 17.0. The predicted octanol–water partition coefficient (Wildman–Crippen LogP) is 4.29. The van der Waals surface area contributed by atoms with Gasteiger partial charge in [0.2, 0.25) is 0 Å². The van der Waals surface area contributed by atoms with Crippen molar-refractivity contribution in [2.45, 2.75) is 12.6 Å². The normalized spacial score (nSPS) is 14.0. The molecular weight excluding hydrogens is 468 g/mol. The summed E-state index contributed by atoms with van der Waals surface area (Å²) < 4.78 is 16.2. The summed E-state index contributed by atoms with van der Waals surface area (Å²) in [5.41, 5.74) is 3.59. The van der Waals surface area contributed by atoms with Gasteiger partial charge >= 0.3 is 5.97 Å². The topological polar surface area (TPSA) is 77.4 Å². The number of fused-ring (bicyclic) bond motifs is 1. The second-order valence-corrected chi connectivity index (χ2v) is 8.29. The van der Waals surface area contributed by atoms with Crippen LogP contribution in [0.2, 0.25) is 5.02 Å². The number of halogens is 1. The molecule has 3 aromatic rings. The fourth-order valence-corrected chi connectivity index (χ4v) is 4.05. The number of benzodiazepines with no additional fused rings is 1. The van der Waals surface area contributed by atoms with Gasteiger partial charge < -0.3 is 14.2 Å². The maximum atomic E-state index is 13.2. The third kappa shape index (κ3) is 5.70. The number of aliphatic imine (C=N–C) groups is 1. The molecule has 0 saturated carbocycles. The van der Waals surface area contributed by atoms with Crippen LogP contribution in [0.15, 0.2) is 77.8 Å². The highest BCUT2D eigenvalue weighted by Gasteiger charge is 2.32. The Hall–Kier alpha value is -3.68. The Balaban J connectivity index is 1.55. The zero-order valence-corrected chi connectivity index (χ0v) is 20.2. The van der Waals surface area contributed by atoms with E-state index >= 15 is 0 Å². The molecule has 1 aliphatic rings. The van der Waals surface area contributed by atoms with Crippen molar-refractivity contribution in [3.63, 3.8) is 0 Å². The van der Waals surface area contributed by atoms with E-state index in [4.69, 9.17) is 25.8 Å². The van der Waals surface area contributed by atoms with Gasteiger partial charge in [-0.1, -0.05) is 54.1 Å². The summed E-state index contributed by atoms with van der Waals surface area (Å²) in [6.07, 6.45) is -0.755. The minimum absolute atomic E-state index is 0.0852. The molecule has 0 aromatic heterocycles. The number of carbonyl (C=O) groups excluding carboxylic acids is 2. The molecule has 0 aliphatic carbocycles. The average molecular weight is 493 g/mol. The molecule has 1 aliphatic heterocycles. The number of hydrogen-bond donors (Lipinski definition) is 0. The molecule has 35 heavy (non-hydrogen) atoms. The van der Waals surface area contributed by atoms with Gasteiger partial charge in [-0.3, -0.25) is 19.5 Å². The highest BCUT2D eigenvalue weighted by atomic mass is 35.5. The van der Waals surface area contributed by atoms with E-state index < -0.39 is 12.2 Å². The predicted molar refractivity (Wildman–Crippen MR) is 134 cm³/mol. The molecule has 0 bridgehead atoms. The fraction of sp³-hybridized carbons (Fsp3) is 0.222. The first-order valence-corrected chi connectivity index (χ1v) is 11.4. The van der Waals surface area contributed by atoms with Crippen molar-refractivity contribution in [3.8, 4) is 5.75 Å². The van der Waals surface area contributed by atoms with Crippen molar-refractivity contribution in [2.75, 3.05) is 32.3 Å². The van der Waals surface area contributed by atoms with Crippen LogP contribution in [0.1, 0.15) is 16.7 Å². The maximum absolute atomic E-state index is 13.2. The van der Waals surface area contributed by atoms with E-state index in [1.54, 1.807) is 49.6 Å². The van der Waals surface area contributed by atoms with Crippen LogP contribution in [0, 0.1) is 0 Å². The lowest BCUT2D eigenvalue weighted by Gasteiger charge is -2.30. The second-order valence-electron chi connectivity index (χ2n) is 7.85. The van der Waals surface area contributed by atoms with E-state index in [0.29, 0.717) is 27.7 Å². The Bertz CT molecular complexity index is 1230. The molecular formula is C27H25ClN2O5. The minimum atomic E-state index is -0.840. The van der Waals surface area contributed by atoms with Crippen molar-refractivity contribution in [1.82, 2.24) is 0 Å². The Morgan fingerprint density at radius 3 is 2.49 bits per heavy atom. The van der Waals surface area contributed by atoms with E-state index in [2.05, 4.69) is 4.99 Å². The smallest absolute Gasteiger partial charge is 0.310 e. The van der Waals surface area contributed by atoms with Crippen LogP contribution in [0.3, 0.4) is 0 Å². The Kier molecular flexibility index (Phi) is 7.80. The molecule has 0 N–H and O–H groups in total. The van der Waals surface area contributed by atoms with Gasteiger partial charge in [-0.05, 0) is 35.9 Å². The molecule has 1 atom stereocenters. The van der Waals surface area contributed by atoms with E-state index in [9.17, 15) is 9.59 Å². The standard InChI is InChI=1S/C27H25ClN2O5/c1-33-21-11-8-18(9-12-21)14-26(32)35-17-25(34-2)30-23-13-10-20(28)15-22(23)27(29-16-24(30)31)19-6-4-3-5-7-19/h3-13,15,25H,14,16-17H2,1-2H3. The van der Waals surface area contributed by atoms with Crippen LogP contribution < -0.4 is 9.64 Å². The van der Waals surface area contributed by atoms with Crippen LogP contribution in [0.4, 0.5) is 5.69 Å². The number of rotatable bonds is 8. The third-order valence-corrected chi connectivity index (χ3v) is 5.85. The monoisotopic (exact) mass is 492 g/mol. The van der Waals surface area contributed by atoms with Crippen molar-refractivity contribution >= 4 is 34.9 Å². The van der Waals surface area contributed by atoms with Gasteiger partial charge in [-0.2, -0.15) is 0 Å². The summed E-state index contributed by atoms with van der Waals surface area (Å²) in [7, 11) is 3.05. The first kappa shape index (κ1) is 24.4. The van der Waals surface area contributed by atoms with E-state index in [-0.39, 0.29) is 25.5 Å². The molecule has 0 radical (unpaired) electrons. The number of esters is 1.